The number of amides is 1. The number of carbonyl (C=O) groups excluding carboxylic acids is 1. The molecule has 0 unspecified atom stereocenters. The maximum absolute atomic E-state index is 11.9. The number of aromatic amines is 1. The van der Waals surface area contributed by atoms with Crippen molar-refractivity contribution in [1.82, 2.24) is 15.5 Å². The maximum Gasteiger partial charge on any atom is 0.271 e. The number of carbonyl (C=O) groups is 1. The largest absolute Gasteiger partial charge is 0.350 e. The van der Waals surface area contributed by atoms with Crippen molar-refractivity contribution in [3.63, 3.8) is 0 Å². The zero-order chi connectivity index (χ0) is 13.0. The van der Waals surface area contributed by atoms with E-state index in [1.165, 1.54) is 25.0 Å². The summed E-state index contributed by atoms with van der Waals surface area (Å²) in [6, 6.07) is 2.74. The highest BCUT2D eigenvalue weighted by molar-refractivity contribution is 9.09. The van der Waals surface area contributed by atoms with E-state index in [9.17, 15) is 9.59 Å². The smallest absolute Gasteiger partial charge is 0.271 e. The summed E-state index contributed by atoms with van der Waals surface area (Å²) in [7, 11) is 0. The quantitative estimate of drug-likeness (QED) is 0.826. The van der Waals surface area contributed by atoms with Gasteiger partial charge in [-0.05, 0) is 24.3 Å². The van der Waals surface area contributed by atoms with Gasteiger partial charge >= 0.3 is 0 Å². The fraction of sp³-hybridized carbons (Fsp3) is 0.583. The molecule has 0 bridgehead atoms. The van der Waals surface area contributed by atoms with E-state index in [2.05, 4.69) is 31.4 Å². The van der Waals surface area contributed by atoms with Crippen LogP contribution >= 0.6 is 15.9 Å². The van der Waals surface area contributed by atoms with Gasteiger partial charge in [0.25, 0.3) is 11.5 Å². The van der Waals surface area contributed by atoms with E-state index in [0.29, 0.717) is 6.54 Å². The van der Waals surface area contributed by atoms with Gasteiger partial charge in [0.2, 0.25) is 0 Å². The van der Waals surface area contributed by atoms with Crippen LogP contribution in [-0.2, 0) is 0 Å². The van der Waals surface area contributed by atoms with E-state index in [1.807, 2.05) is 0 Å². The molecule has 1 aliphatic rings. The van der Waals surface area contributed by atoms with Crippen LogP contribution in [-0.4, -0.2) is 28.0 Å². The lowest BCUT2D eigenvalue weighted by molar-refractivity contribution is 0.0929. The Bertz CT molecular complexity index is 460. The third kappa shape index (κ3) is 2.98. The van der Waals surface area contributed by atoms with Crippen molar-refractivity contribution >= 4 is 21.8 Å². The summed E-state index contributed by atoms with van der Waals surface area (Å²) in [6.45, 7) is 0.651. The number of halogens is 1. The molecule has 1 aromatic heterocycles. The molecule has 1 aliphatic carbocycles. The Labute approximate surface area is 113 Å². The van der Waals surface area contributed by atoms with Crippen LogP contribution in [0, 0.1) is 5.41 Å². The molecule has 0 atom stereocenters. The van der Waals surface area contributed by atoms with E-state index >= 15 is 0 Å². The summed E-state index contributed by atoms with van der Waals surface area (Å²) >= 11 is 3.53. The van der Waals surface area contributed by atoms with Gasteiger partial charge in [0.05, 0.1) is 0 Å². The van der Waals surface area contributed by atoms with Crippen molar-refractivity contribution in [1.29, 1.82) is 0 Å². The number of hydrogen-bond donors (Lipinski definition) is 2. The highest BCUT2D eigenvalue weighted by Crippen LogP contribution is 2.38. The van der Waals surface area contributed by atoms with E-state index in [4.69, 9.17) is 0 Å². The molecule has 1 amide bonds. The van der Waals surface area contributed by atoms with Crippen LogP contribution in [0.5, 0.6) is 0 Å². The van der Waals surface area contributed by atoms with Crippen molar-refractivity contribution in [2.24, 2.45) is 5.41 Å². The van der Waals surface area contributed by atoms with Gasteiger partial charge in [0, 0.05) is 17.9 Å². The van der Waals surface area contributed by atoms with Crippen molar-refractivity contribution in [3.05, 3.63) is 28.2 Å². The summed E-state index contributed by atoms with van der Waals surface area (Å²) in [5.41, 5.74) is 0.120. The third-order valence-corrected chi connectivity index (χ3v) is 4.67. The van der Waals surface area contributed by atoms with E-state index < -0.39 is 0 Å². The topological polar surface area (TPSA) is 74.8 Å². The zero-order valence-corrected chi connectivity index (χ0v) is 11.6. The van der Waals surface area contributed by atoms with Crippen LogP contribution < -0.4 is 10.9 Å². The van der Waals surface area contributed by atoms with Crippen molar-refractivity contribution in [2.75, 3.05) is 11.9 Å². The van der Waals surface area contributed by atoms with Crippen LogP contribution in [0.3, 0.4) is 0 Å². The molecular formula is C12H16BrN3O2. The minimum Gasteiger partial charge on any atom is -0.350 e. The lowest BCUT2D eigenvalue weighted by Crippen LogP contribution is -2.37. The summed E-state index contributed by atoms with van der Waals surface area (Å²) in [5, 5.41) is 9.77. The molecule has 2 rings (SSSR count). The molecule has 0 radical (unpaired) electrons. The third-order valence-electron chi connectivity index (χ3n) is 3.48. The van der Waals surface area contributed by atoms with Gasteiger partial charge in [0.1, 0.15) is 5.69 Å². The number of rotatable bonds is 4. The molecule has 98 valence electrons. The molecule has 2 N–H and O–H groups in total. The maximum atomic E-state index is 11.9. The van der Waals surface area contributed by atoms with Crippen LogP contribution in [0.2, 0.25) is 0 Å². The molecule has 5 nitrogen and oxygen atoms in total. The number of nitrogens with zero attached hydrogens (tertiary/aromatic N) is 1. The molecule has 1 fully saturated rings. The van der Waals surface area contributed by atoms with E-state index in [1.54, 1.807) is 0 Å². The molecule has 18 heavy (non-hydrogen) atoms. The Morgan fingerprint density at radius 1 is 1.44 bits per heavy atom. The molecule has 0 spiro atoms. The minimum absolute atomic E-state index is 0.178. The Morgan fingerprint density at radius 3 is 2.72 bits per heavy atom. The molecule has 1 saturated carbocycles. The normalized spacial score (nSPS) is 17.6. The molecule has 0 saturated heterocycles. The van der Waals surface area contributed by atoms with Crippen LogP contribution in [0.1, 0.15) is 36.2 Å². The predicted octanol–water partition coefficient (Wildman–Crippen LogP) is 1.45. The van der Waals surface area contributed by atoms with Crippen molar-refractivity contribution in [2.45, 2.75) is 25.7 Å². The molecule has 0 aliphatic heterocycles. The average Bonchev–Trinajstić information content (AvgIpc) is 2.86. The second-order valence-electron chi connectivity index (χ2n) is 4.83. The lowest BCUT2D eigenvalue weighted by atomic mass is 9.89. The summed E-state index contributed by atoms with van der Waals surface area (Å²) < 4.78 is 0. The Morgan fingerprint density at radius 2 is 2.17 bits per heavy atom. The summed E-state index contributed by atoms with van der Waals surface area (Å²) in [6.07, 6.45) is 4.71. The first-order valence-electron chi connectivity index (χ1n) is 6.05. The molecule has 1 heterocycles. The Balaban J connectivity index is 1.95. The van der Waals surface area contributed by atoms with Gasteiger partial charge < -0.3 is 5.32 Å². The van der Waals surface area contributed by atoms with E-state index in [-0.39, 0.29) is 22.6 Å². The first-order chi connectivity index (χ1) is 8.65. The van der Waals surface area contributed by atoms with Crippen LogP contribution in [0.15, 0.2) is 16.9 Å². The summed E-state index contributed by atoms with van der Waals surface area (Å²) in [5.74, 6) is -0.238. The zero-order valence-electron chi connectivity index (χ0n) is 10.0. The monoisotopic (exact) mass is 313 g/mol. The van der Waals surface area contributed by atoms with Crippen molar-refractivity contribution < 1.29 is 4.79 Å². The molecular weight excluding hydrogens is 298 g/mol. The number of hydrogen-bond acceptors (Lipinski definition) is 3. The van der Waals surface area contributed by atoms with Gasteiger partial charge in [-0.3, -0.25) is 9.59 Å². The highest BCUT2D eigenvalue weighted by atomic mass is 79.9. The number of H-pyrrole nitrogens is 1. The number of aromatic nitrogens is 2. The van der Waals surface area contributed by atoms with Gasteiger partial charge in [-0.2, -0.15) is 5.10 Å². The van der Waals surface area contributed by atoms with Crippen LogP contribution in [0.4, 0.5) is 0 Å². The predicted molar refractivity (Wildman–Crippen MR) is 71.9 cm³/mol. The second-order valence-corrected chi connectivity index (χ2v) is 5.39. The first kappa shape index (κ1) is 13.3. The SMILES string of the molecule is O=C(NCC1(CBr)CCCC1)c1ccc(=O)[nH]n1. The Kier molecular flexibility index (Phi) is 4.16. The summed E-state index contributed by atoms with van der Waals surface area (Å²) in [4.78, 5) is 22.7. The fourth-order valence-electron chi connectivity index (χ4n) is 2.31. The standard InChI is InChI=1S/C12H16BrN3O2/c13-7-12(5-1-2-6-12)8-14-11(18)9-3-4-10(17)16-15-9/h3-4H,1-2,5-8H2,(H,14,18)(H,16,17). The highest BCUT2D eigenvalue weighted by Gasteiger charge is 2.33. The van der Waals surface area contributed by atoms with E-state index in [0.717, 1.165) is 18.2 Å². The number of alkyl halides is 1. The van der Waals surface area contributed by atoms with Gasteiger partial charge in [-0.25, -0.2) is 5.10 Å². The number of nitrogens with one attached hydrogen (secondary N) is 2. The molecule has 1 aromatic rings. The van der Waals surface area contributed by atoms with Crippen molar-refractivity contribution in [3.8, 4) is 0 Å². The fourth-order valence-corrected chi connectivity index (χ4v) is 3.07. The molecule has 6 heteroatoms. The second kappa shape index (κ2) is 5.65. The van der Waals surface area contributed by atoms with Crippen LogP contribution in [0.25, 0.3) is 0 Å². The lowest BCUT2D eigenvalue weighted by Gasteiger charge is -2.26. The Hall–Kier alpha value is -1.17. The first-order valence-corrected chi connectivity index (χ1v) is 7.17. The minimum atomic E-state index is -0.306. The van der Waals surface area contributed by atoms with Gasteiger partial charge in [-0.1, -0.05) is 28.8 Å². The van der Waals surface area contributed by atoms with Gasteiger partial charge in [-0.15, -0.1) is 0 Å². The average molecular weight is 314 g/mol. The van der Waals surface area contributed by atoms with Gasteiger partial charge in [0.15, 0.2) is 0 Å². The molecule has 0 aromatic carbocycles.